The second-order valence-electron chi connectivity index (χ2n) is 4.87. The van der Waals surface area contributed by atoms with Gasteiger partial charge in [0.2, 0.25) is 0 Å². The van der Waals surface area contributed by atoms with Gasteiger partial charge in [0.15, 0.2) is 0 Å². The molecule has 1 aliphatic heterocycles. The Hall–Kier alpha value is -0.940. The first-order valence-electron chi connectivity index (χ1n) is 6.04. The van der Waals surface area contributed by atoms with E-state index in [9.17, 15) is 18.0 Å². The number of carbonyl (C=O) groups excluding carboxylic acids is 1. The number of rotatable bonds is 0. The van der Waals surface area contributed by atoms with Crippen molar-refractivity contribution in [3.63, 3.8) is 0 Å². The standard InChI is InChI=1S/C13H12Cl2F3NO/c1-7-6-19(12(20)13(16,17)18)3-2-8-4-10(14)11(15)5-9(7)8/h4-5,7H,2-3,6H2,1H3/t7-/m0/s1. The first-order chi connectivity index (χ1) is 9.20. The van der Waals surface area contributed by atoms with Gasteiger partial charge in [-0.25, -0.2) is 0 Å². The highest BCUT2D eigenvalue weighted by molar-refractivity contribution is 6.42. The molecule has 2 rings (SSSR count). The minimum Gasteiger partial charge on any atom is -0.334 e. The molecule has 0 aliphatic carbocycles. The van der Waals surface area contributed by atoms with E-state index in [1.165, 1.54) is 0 Å². The second kappa shape index (κ2) is 5.45. The lowest BCUT2D eigenvalue weighted by Crippen LogP contribution is -2.42. The average Bonchev–Trinajstić information content (AvgIpc) is 2.49. The molecule has 0 saturated carbocycles. The smallest absolute Gasteiger partial charge is 0.334 e. The minimum atomic E-state index is -4.84. The van der Waals surface area contributed by atoms with Crippen molar-refractivity contribution in [2.24, 2.45) is 0 Å². The Bertz CT molecular complexity index is 545. The van der Waals surface area contributed by atoms with Crippen LogP contribution in [0.3, 0.4) is 0 Å². The SMILES string of the molecule is C[C@H]1CN(C(=O)C(F)(F)F)CCc2cc(Cl)c(Cl)cc21. The maximum atomic E-state index is 12.5. The molecule has 1 amide bonds. The fourth-order valence-corrected chi connectivity index (χ4v) is 2.78. The number of carbonyl (C=O) groups is 1. The first kappa shape index (κ1) is 15.4. The van der Waals surface area contributed by atoms with Gasteiger partial charge in [0.05, 0.1) is 10.0 Å². The van der Waals surface area contributed by atoms with Crippen molar-refractivity contribution in [2.45, 2.75) is 25.4 Å². The summed E-state index contributed by atoms with van der Waals surface area (Å²) in [6.07, 6.45) is -4.51. The summed E-state index contributed by atoms with van der Waals surface area (Å²) in [6, 6.07) is 3.34. The topological polar surface area (TPSA) is 20.3 Å². The Morgan fingerprint density at radius 1 is 1.30 bits per heavy atom. The van der Waals surface area contributed by atoms with Gasteiger partial charge in [-0.3, -0.25) is 4.79 Å². The van der Waals surface area contributed by atoms with E-state index in [0.717, 1.165) is 16.0 Å². The summed E-state index contributed by atoms with van der Waals surface area (Å²) in [7, 11) is 0. The van der Waals surface area contributed by atoms with Crippen molar-refractivity contribution in [3.05, 3.63) is 33.3 Å². The van der Waals surface area contributed by atoms with Gasteiger partial charge in [-0.2, -0.15) is 13.2 Å². The zero-order valence-electron chi connectivity index (χ0n) is 10.6. The lowest BCUT2D eigenvalue weighted by molar-refractivity contribution is -0.185. The third kappa shape index (κ3) is 3.04. The number of fused-ring (bicyclic) bond motifs is 1. The Labute approximate surface area is 124 Å². The molecule has 1 aliphatic rings. The molecule has 1 aromatic rings. The van der Waals surface area contributed by atoms with Crippen LogP contribution < -0.4 is 0 Å². The van der Waals surface area contributed by atoms with Gasteiger partial charge >= 0.3 is 12.1 Å². The van der Waals surface area contributed by atoms with Crippen LogP contribution in [-0.2, 0) is 11.2 Å². The van der Waals surface area contributed by atoms with E-state index in [0.29, 0.717) is 16.5 Å². The summed E-state index contributed by atoms with van der Waals surface area (Å²) in [6.45, 7) is 1.81. The summed E-state index contributed by atoms with van der Waals surface area (Å²) in [5.41, 5.74) is 1.68. The van der Waals surface area contributed by atoms with E-state index in [1.807, 2.05) is 0 Å². The molecule has 7 heteroatoms. The van der Waals surface area contributed by atoms with Crippen LogP contribution in [0.5, 0.6) is 0 Å². The van der Waals surface area contributed by atoms with E-state index in [2.05, 4.69) is 0 Å². The third-order valence-corrected chi connectivity index (χ3v) is 4.11. The summed E-state index contributed by atoms with van der Waals surface area (Å²) in [4.78, 5) is 12.2. The molecule has 1 heterocycles. The van der Waals surface area contributed by atoms with Crippen LogP contribution in [0, 0.1) is 0 Å². The Kier molecular flexibility index (Phi) is 4.21. The van der Waals surface area contributed by atoms with Crippen molar-refractivity contribution in [2.75, 3.05) is 13.1 Å². The molecule has 0 saturated heterocycles. The average molecular weight is 326 g/mol. The van der Waals surface area contributed by atoms with Crippen molar-refractivity contribution in [3.8, 4) is 0 Å². The van der Waals surface area contributed by atoms with Gasteiger partial charge in [-0.05, 0) is 35.6 Å². The van der Waals surface area contributed by atoms with Gasteiger partial charge in [0, 0.05) is 13.1 Å². The Morgan fingerprint density at radius 2 is 1.90 bits per heavy atom. The highest BCUT2D eigenvalue weighted by Gasteiger charge is 2.43. The number of benzene rings is 1. The molecule has 1 aromatic carbocycles. The molecule has 0 bridgehead atoms. The third-order valence-electron chi connectivity index (χ3n) is 3.39. The van der Waals surface area contributed by atoms with E-state index in [4.69, 9.17) is 23.2 Å². The van der Waals surface area contributed by atoms with Crippen molar-refractivity contribution in [1.82, 2.24) is 4.90 Å². The number of hydrogen-bond donors (Lipinski definition) is 0. The van der Waals surface area contributed by atoms with Gasteiger partial charge in [-0.15, -0.1) is 0 Å². The van der Waals surface area contributed by atoms with Crippen LogP contribution in [0.1, 0.15) is 24.0 Å². The molecule has 0 fully saturated rings. The van der Waals surface area contributed by atoms with Gasteiger partial charge in [0.1, 0.15) is 0 Å². The summed E-state index contributed by atoms with van der Waals surface area (Å²) in [5.74, 6) is -2.03. The largest absolute Gasteiger partial charge is 0.471 e. The highest BCUT2D eigenvalue weighted by atomic mass is 35.5. The first-order valence-corrected chi connectivity index (χ1v) is 6.79. The maximum absolute atomic E-state index is 12.5. The summed E-state index contributed by atoms with van der Waals surface area (Å²) >= 11 is 11.9. The molecule has 2 nitrogen and oxygen atoms in total. The van der Waals surface area contributed by atoms with Gasteiger partial charge in [0.25, 0.3) is 0 Å². The van der Waals surface area contributed by atoms with Crippen molar-refractivity contribution in [1.29, 1.82) is 0 Å². The van der Waals surface area contributed by atoms with E-state index in [1.54, 1.807) is 19.1 Å². The number of halogens is 5. The lowest BCUT2D eigenvalue weighted by Gasteiger charge is -2.24. The second-order valence-corrected chi connectivity index (χ2v) is 5.68. The molecule has 20 heavy (non-hydrogen) atoms. The normalized spacial score (nSPS) is 19.5. The van der Waals surface area contributed by atoms with Crippen LogP contribution in [-0.4, -0.2) is 30.1 Å². The lowest BCUT2D eigenvalue weighted by atomic mass is 9.95. The summed E-state index contributed by atoms with van der Waals surface area (Å²) < 4.78 is 37.6. The van der Waals surface area contributed by atoms with Crippen LogP contribution in [0.15, 0.2) is 12.1 Å². The molecule has 0 spiro atoms. The quantitative estimate of drug-likeness (QED) is 0.704. The predicted octanol–water partition coefficient (Wildman–Crippen LogP) is 4.04. The molecule has 0 N–H and O–H groups in total. The van der Waals surface area contributed by atoms with E-state index >= 15 is 0 Å². The monoisotopic (exact) mass is 325 g/mol. The fourth-order valence-electron chi connectivity index (χ4n) is 2.42. The van der Waals surface area contributed by atoms with Crippen LogP contribution in [0.2, 0.25) is 10.0 Å². The van der Waals surface area contributed by atoms with E-state index in [-0.39, 0.29) is 19.0 Å². The molecule has 0 aromatic heterocycles. The van der Waals surface area contributed by atoms with Crippen molar-refractivity contribution < 1.29 is 18.0 Å². The van der Waals surface area contributed by atoms with Crippen LogP contribution in [0.25, 0.3) is 0 Å². The fraction of sp³-hybridized carbons (Fsp3) is 0.462. The zero-order chi connectivity index (χ0) is 15.1. The zero-order valence-corrected chi connectivity index (χ0v) is 12.1. The number of hydrogen-bond acceptors (Lipinski definition) is 1. The van der Waals surface area contributed by atoms with E-state index < -0.39 is 12.1 Å². The molecule has 1 atom stereocenters. The van der Waals surface area contributed by atoms with Crippen molar-refractivity contribution >= 4 is 29.1 Å². The Balaban J connectivity index is 2.30. The molecule has 0 radical (unpaired) electrons. The number of amides is 1. The van der Waals surface area contributed by atoms with Gasteiger partial charge in [-0.1, -0.05) is 30.1 Å². The Morgan fingerprint density at radius 3 is 2.50 bits per heavy atom. The summed E-state index contributed by atoms with van der Waals surface area (Å²) in [5, 5.41) is 0.737. The molecular formula is C13H12Cl2F3NO. The number of alkyl halides is 3. The molecular weight excluding hydrogens is 314 g/mol. The van der Waals surface area contributed by atoms with Gasteiger partial charge < -0.3 is 4.90 Å². The molecule has 0 unspecified atom stereocenters. The minimum absolute atomic E-state index is 0.0172. The number of nitrogens with zero attached hydrogens (tertiary/aromatic N) is 1. The van der Waals surface area contributed by atoms with Crippen LogP contribution in [0.4, 0.5) is 13.2 Å². The maximum Gasteiger partial charge on any atom is 0.471 e. The predicted molar refractivity (Wildman–Crippen MR) is 71.2 cm³/mol. The molecule has 110 valence electrons. The highest BCUT2D eigenvalue weighted by Crippen LogP contribution is 2.33. The van der Waals surface area contributed by atoms with Crippen LogP contribution >= 0.6 is 23.2 Å².